The third-order valence-corrected chi connectivity index (χ3v) is 3.16. The monoisotopic (exact) mass is 245 g/mol. The van der Waals surface area contributed by atoms with Crippen molar-refractivity contribution in [3.63, 3.8) is 0 Å². The lowest BCUT2D eigenvalue weighted by Crippen LogP contribution is -2.07. The van der Waals surface area contributed by atoms with Gasteiger partial charge < -0.3 is 5.32 Å². The third kappa shape index (κ3) is 3.20. The van der Waals surface area contributed by atoms with Crippen LogP contribution in [-0.4, -0.2) is 16.2 Å². The van der Waals surface area contributed by atoms with Gasteiger partial charge in [0.05, 0.1) is 0 Å². The van der Waals surface area contributed by atoms with Crippen LogP contribution in [0.5, 0.6) is 0 Å². The van der Waals surface area contributed by atoms with Gasteiger partial charge in [0.2, 0.25) is 0 Å². The van der Waals surface area contributed by atoms with E-state index in [9.17, 15) is 0 Å². The summed E-state index contributed by atoms with van der Waals surface area (Å²) >= 11 is 1.61. The summed E-state index contributed by atoms with van der Waals surface area (Å²) in [5.41, 5.74) is 1.25. The molecule has 3 nitrogen and oxygen atoms in total. The largest absolute Gasteiger partial charge is 0.363 e. The van der Waals surface area contributed by atoms with Crippen LogP contribution in [-0.2, 0) is 0 Å². The van der Waals surface area contributed by atoms with E-state index in [0.29, 0.717) is 0 Å². The molecule has 1 N–H and O–H groups in total. The zero-order valence-corrected chi connectivity index (χ0v) is 10.7. The maximum absolute atomic E-state index is 4.22. The van der Waals surface area contributed by atoms with Gasteiger partial charge >= 0.3 is 0 Å². The summed E-state index contributed by atoms with van der Waals surface area (Å²) in [6.45, 7) is 2.12. The van der Waals surface area contributed by atoms with E-state index in [1.807, 2.05) is 30.5 Å². The number of aromatic nitrogens is 2. The maximum atomic E-state index is 4.22. The second-order valence-electron chi connectivity index (χ2n) is 3.72. The van der Waals surface area contributed by atoms with Gasteiger partial charge in [-0.05, 0) is 18.7 Å². The Morgan fingerprint density at radius 1 is 1.18 bits per heavy atom. The molecule has 1 aromatic heterocycles. The lowest BCUT2D eigenvalue weighted by atomic mass is 10.1. The lowest BCUT2D eigenvalue weighted by molar-refractivity contribution is 0.866. The Kier molecular flexibility index (Phi) is 3.98. The van der Waals surface area contributed by atoms with Crippen molar-refractivity contribution in [1.82, 2.24) is 9.97 Å². The first kappa shape index (κ1) is 11.9. The van der Waals surface area contributed by atoms with E-state index in [1.165, 1.54) is 5.56 Å². The fourth-order valence-electron chi connectivity index (χ4n) is 1.58. The number of nitrogens with zero attached hydrogens (tertiary/aromatic N) is 2. The molecule has 0 amide bonds. The fraction of sp³-hybridized carbons (Fsp3) is 0.231. The molecular formula is C13H15N3S. The first-order valence-electron chi connectivity index (χ1n) is 5.47. The highest BCUT2D eigenvalue weighted by Gasteiger charge is 2.05. The Morgan fingerprint density at radius 3 is 2.65 bits per heavy atom. The van der Waals surface area contributed by atoms with Crippen molar-refractivity contribution >= 4 is 17.6 Å². The minimum Gasteiger partial charge on any atom is -0.363 e. The summed E-state index contributed by atoms with van der Waals surface area (Å²) in [6.07, 6.45) is 3.60. The van der Waals surface area contributed by atoms with Gasteiger partial charge in [-0.1, -0.05) is 30.3 Å². The summed E-state index contributed by atoms with van der Waals surface area (Å²) in [6, 6.07) is 12.5. The number of anilines is 1. The van der Waals surface area contributed by atoms with Gasteiger partial charge in [-0.25, -0.2) is 9.97 Å². The molecule has 0 fully saturated rings. The maximum Gasteiger partial charge on any atom is 0.130 e. The molecule has 2 aromatic rings. The van der Waals surface area contributed by atoms with Gasteiger partial charge in [0.1, 0.15) is 17.2 Å². The summed E-state index contributed by atoms with van der Waals surface area (Å²) < 4.78 is 0. The molecule has 0 bridgehead atoms. The SMILES string of the molecule is CSc1cc(NC(C)c2ccccc2)ncn1. The predicted octanol–water partition coefficient (Wildman–Crippen LogP) is 3.37. The van der Waals surface area contributed by atoms with Gasteiger partial charge in [-0.3, -0.25) is 0 Å². The van der Waals surface area contributed by atoms with E-state index < -0.39 is 0 Å². The molecule has 0 radical (unpaired) electrons. The molecular weight excluding hydrogens is 230 g/mol. The van der Waals surface area contributed by atoms with E-state index in [0.717, 1.165) is 10.8 Å². The molecule has 0 aliphatic rings. The Labute approximate surface area is 106 Å². The van der Waals surface area contributed by atoms with Crippen molar-refractivity contribution in [2.75, 3.05) is 11.6 Å². The Hall–Kier alpha value is -1.55. The topological polar surface area (TPSA) is 37.8 Å². The van der Waals surface area contributed by atoms with Crippen LogP contribution in [0.1, 0.15) is 18.5 Å². The Bertz CT molecular complexity index is 473. The Morgan fingerprint density at radius 2 is 1.94 bits per heavy atom. The molecule has 0 saturated heterocycles. The summed E-state index contributed by atoms with van der Waals surface area (Å²) in [7, 11) is 0. The standard InChI is InChI=1S/C13H15N3S/c1-10(11-6-4-3-5-7-11)16-12-8-13(17-2)15-9-14-12/h3-10H,1-2H3,(H,14,15,16). The van der Waals surface area contributed by atoms with Gasteiger partial charge in [-0.15, -0.1) is 11.8 Å². The van der Waals surface area contributed by atoms with Crippen molar-refractivity contribution in [2.45, 2.75) is 18.0 Å². The number of nitrogens with one attached hydrogen (secondary N) is 1. The van der Waals surface area contributed by atoms with Gasteiger partial charge in [-0.2, -0.15) is 0 Å². The van der Waals surface area contributed by atoms with Crippen molar-refractivity contribution in [2.24, 2.45) is 0 Å². The highest BCUT2D eigenvalue weighted by molar-refractivity contribution is 7.98. The molecule has 1 aromatic carbocycles. The molecule has 1 heterocycles. The molecule has 17 heavy (non-hydrogen) atoms. The average Bonchev–Trinajstić information content (AvgIpc) is 2.40. The third-order valence-electron chi connectivity index (χ3n) is 2.52. The minimum absolute atomic E-state index is 0.237. The number of thioether (sulfide) groups is 1. The molecule has 0 saturated carbocycles. The van der Waals surface area contributed by atoms with E-state index in [1.54, 1.807) is 18.1 Å². The molecule has 4 heteroatoms. The quantitative estimate of drug-likeness (QED) is 0.662. The van der Waals surface area contributed by atoms with Gasteiger partial charge in [0.25, 0.3) is 0 Å². The van der Waals surface area contributed by atoms with Crippen LogP contribution in [0, 0.1) is 0 Å². The molecule has 2 rings (SSSR count). The highest BCUT2D eigenvalue weighted by Crippen LogP contribution is 2.19. The molecule has 88 valence electrons. The summed E-state index contributed by atoms with van der Waals surface area (Å²) in [4.78, 5) is 8.37. The van der Waals surface area contributed by atoms with E-state index in [4.69, 9.17) is 0 Å². The van der Waals surface area contributed by atoms with Crippen LogP contribution < -0.4 is 5.32 Å². The number of hydrogen-bond donors (Lipinski definition) is 1. The van der Waals surface area contributed by atoms with Crippen LogP contribution in [0.25, 0.3) is 0 Å². The molecule has 1 atom stereocenters. The van der Waals surface area contributed by atoms with Crippen molar-refractivity contribution in [3.8, 4) is 0 Å². The van der Waals surface area contributed by atoms with E-state index in [2.05, 4.69) is 34.3 Å². The van der Waals surface area contributed by atoms with Crippen molar-refractivity contribution in [1.29, 1.82) is 0 Å². The predicted molar refractivity (Wildman–Crippen MR) is 72.3 cm³/mol. The van der Waals surface area contributed by atoms with Crippen LogP contribution in [0.4, 0.5) is 5.82 Å². The number of hydrogen-bond acceptors (Lipinski definition) is 4. The normalized spacial score (nSPS) is 12.1. The van der Waals surface area contributed by atoms with E-state index in [-0.39, 0.29) is 6.04 Å². The zero-order chi connectivity index (χ0) is 12.1. The van der Waals surface area contributed by atoms with Crippen LogP contribution in [0.2, 0.25) is 0 Å². The van der Waals surface area contributed by atoms with Crippen LogP contribution in [0.3, 0.4) is 0 Å². The molecule has 0 spiro atoms. The smallest absolute Gasteiger partial charge is 0.130 e. The highest BCUT2D eigenvalue weighted by atomic mass is 32.2. The average molecular weight is 245 g/mol. The van der Waals surface area contributed by atoms with Crippen molar-refractivity contribution < 1.29 is 0 Å². The Balaban J connectivity index is 2.10. The van der Waals surface area contributed by atoms with Crippen LogP contribution >= 0.6 is 11.8 Å². The minimum atomic E-state index is 0.237. The molecule has 0 aliphatic heterocycles. The fourth-order valence-corrected chi connectivity index (χ4v) is 1.96. The first-order valence-corrected chi connectivity index (χ1v) is 6.69. The molecule has 0 aliphatic carbocycles. The van der Waals surface area contributed by atoms with Crippen LogP contribution in [0.15, 0.2) is 47.8 Å². The molecule has 1 unspecified atom stereocenters. The lowest BCUT2D eigenvalue weighted by Gasteiger charge is -2.14. The van der Waals surface area contributed by atoms with Crippen molar-refractivity contribution in [3.05, 3.63) is 48.3 Å². The number of rotatable bonds is 4. The summed E-state index contributed by atoms with van der Waals surface area (Å²) in [5, 5.41) is 4.34. The second kappa shape index (κ2) is 5.68. The second-order valence-corrected chi connectivity index (χ2v) is 4.55. The zero-order valence-electron chi connectivity index (χ0n) is 9.92. The first-order chi connectivity index (χ1) is 8.29. The summed E-state index contributed by atoms with van der Waals surface area (Å²) in [5.74, 6) is 0.862. The van der Waals surface area contributed by atoms with E-state index >= 15 is 0 Å². The van der Waals surface area contributed by atoms with Gasteiger partial charge in [0.15, 0.2) is 0 Å². The number of benzene rings is 1. The van der Waals surface area contributed by atoms with Gasteiger partial charge in [0, 0.05) is 12.1 Å².